The number of aliphatic carboxylic acids is 1. The molecule has 0 aromatic heterocycles. The van der Waals surface area contributed by atoms with Crippen LogP contribution < -0.4 is 11.1 Å². The fourth-order valence-corrected chi connectivity index (χ4v) is 2.84. The molecule has 1 aliphatic rings. The molecule has 0 spiro atoms. The van der Waals surface area contributed by atoms with Gasteiger partial charge in [-0.05, 0) is 13.8 Å². The zero-order valence-electron chi connectivity index (χ0n) is 9.54. The van der Waals surface area contributed by atoms with Crippen LogP contribution in [0.15, 0.2) is 0 Å². The van der Waals surface area contributed by atoms with E-state index in [1.807, 2.05) is 0 Å². The smallest absolute Gasteiger partial charge is 0.327 e. The molecule has 7 nitrogen and oxygen atoms in total. The Kier molecular flexibility index (Phi) is 4.22. The third-order valence-electron chi connectivity index (χ3n) is 2.49. The molecule has 1 saturated heterocycles. The van der Waals surface area contributed by atoms with Gasteiger partial charge in [-0.15, -0.1) is 11.8 Å². The highest BCUT2D eigenvalue weighted by Crippen LogP contribution is 2.29. The summed E-state index contributed by atoms with van der Waals surface area (Å²) in [4.78, 5) is 34.9. The first kappa shape index (κ1) is 13.6. The monoisotopic (exact) mass is 261 g/mol. The number of nitrogens with one attached hydrogen (secondary N) is 1. The first-order valence-corrected chi connectivity index (χ1v) is 6.12. The lowest BCUT2D eigenvalue weighted by Crippen LogP contribution is -2.53. The summed E-state index contributed by atoms with van der Waals surface area (Å²) < 4.78 is 0. The van der Waals surface area contributed by atoms with Gasteiger partial charge in [0.1, 0.15) is 12.1 Å². The quantitative estimate of drug-likeness (QED) is 0.629. The molecular formula is C9H15N3O4S. The van der Waals surface area contributed by atoms with E-state index in [1.54, 1.807) is 6.92 Å². The average Bonchev–Trinajstić information content (AvgIpc) is 2.58. The number of primary amides is 1. The van der Waals surface area contributed by atoms with Crippen LogP contribution in [-0.2, 0) is 9.59 Å². The fraction of sp³-hybridized carbons (Fsp3) is 0.667. The van der Waals surface area contributed by atoms with Gasteiger partial charge in [-0.1, -0.05) is 0 Å². The van der Waals surface area contributed by atoms with Crippen LogP contribution in [0.1, 0.15) is 13.8 Å². The lowest BCUT2D eigenvalue weighted by Gasteiger charge is -2.27. The third-order valence-corrected chi connectivity index (χ3v) is 3.71. The van der Waals surface area contributed by atoms with Gasteiger partial charge in [0.2, 0.25) is 5.91 Å². The van der Waals surface area contributed by atoms with Gasteiger partial charge in [0.25, 0.3) is 0 Å². The van der Waals surface area contributed by atoms with Crippen LogP contribution >= 0.6 is 11.8 Å². The Morgan fingerprint density at radius 2 is 2.12 bits per heavy atom. The van der Waals surface area contributed by atoms with Gasteiger partial charge < -0.3 is 21.1 Å². The minimum absolute atomic E-state index is 0.222. The number of thioether (sulfide) groups is 1. The number of carboxylic acids is 1. The Labute approximate surface area is 103 Å². The highest BCUT2D eigenvalue weighted by atomic mass is 32.2. The zero-order valence-corrected chi connectivity index (χ0v) is 10.4. The summed E-state index contributed by atoms with van der Waals surface area (Å²) in [6, 6.07) is -2.48. The van der Waals surface area contributed by atoms with Crippen LogP contribution in [0, 0.1) is 0 Å². The predicted molar refractivity (Wildman–Crippen MR) is 62.4 cm³/mol. The Bertz CT molecular complexity index is 349. The first-order chi connectivity index (χ1) is 7.84. The maximum absolute atomic E-state index is 12.0. The van der Waals surface area contributed by atoms with Gasteiger partial charge in [0, 0.05) is 5.75 Å². The van der Waals surface area contributed by atoms with E-state index < -0.39 is 30.0 Å². The molecule has 0 aromatic rings. The number of hydrogen-bond acceptors (Lipinski definition) is 4. The van der Waals surface area contributed by atoms with Crippen molar-refractivity contribution in [1.82, 2.24) is 10.2 Å². The van der Waals surface area contributed by atoms with E-state index in [2.05, 4.69) is 5.32 Å². The molecule has 1 fully saturated rings. The average molecular weight is 261 g/mol. The second-order valence-electron chi connectivity index (χ2n) is 3.76. The molecule has 3 amide bonds. The van der Waals surface area contributed by atoms with E-state index in [0.29, 0.717) is 5.75 Å². The molecule has 0 aliphatic carbocycles. The molecule has 96 valence electrons. The third kappa shape index (κ3) is 3.02. The summed E-state index contributed by atoms with van der Waals surface area (Å²) in [6.07, 6.45) is 0. The van der Waals surface area contributed by atoms with Gasteiger partial charge in [-0.3, -0.25) is 4.79 Å². The minimum Gasteiger partial charge on any atom is -0.480 e. The number of carbonyl (C=O) groups excluding carboxylic acids is 2. The van der Waals surface area contributed by atoms with Gasteiger partial charge >= 0.3 is 12.0 Å². The molecule has 0 bridgehead atoms. The van der Waals surface area contributed by atoms with E-state index in [0.717, 1.165) is 0 Å². The van der Waals surface area contributed by atoms with Crippen molar-refractivity contribution in [3.05, 3.63) is 0 Å². The molecule has 0 saturated carbocycles. The normalized spacial score (nSPS) is 25.4. The highest BCUT2D eigenvalue weighted by Gasteiger charge is 2.40. The zero-order chi connectivity index (χ0) is 13.2. The van der Waals surface area contributed by atoms with E-state index in [1.165, 1.54) is 23.6 Å². The summed E-state index contributed by atoms with van der Waals surface area (Å²) >= 11 is 1.39. The van der Waals surface area contributed by atoms with Crippen molar-refractivity contribution in [2.24, 2.45) is 5.73 Å². The van der Waals surface area contributed by atoms with Crippen LogP contribution in [-0.4, -0.2) is 51.1 Å². The molecule has 1 heterocycles. The van der Waals surface area contributed by atoms with Crippen LogP contribution in [0.2, 0.25) is 0 Å². The molecule has 1 aliphatic heterocycles. The molecule has 4 N–H and O–H groups in total. The topological polar surface area (TPSA) is 113 Å². The van der Waals surface area contributed by atoms with Crippen LogP contribution in [0.25, 0.3) is 0 Å². The van der Waals surface area contributed by atoms with Gasteiger partial charge in [-0.25, -0.2) is 9.59 Å². The van der Waals surface area contributed by atoms with E-state index in [-0.39, 0.29) is 5.37 Å². The molecule has 0 radical (unpaired) electrons. The first-order valence-electron chi connectivity index (χ1n) is 5.07. The Morgan fingerprint density at radius 1 is 1.53 bits per heavy atom. The van der Waals surface area contributed by atoms with E-state index in [4.69, 9.17) is 10.8 Å². The number of hydrogen-bond donors (Lipinski definition) is 3. The molecule has 3 atom stereocenters. The number of rotatable bonds is 3. The van der Waals surface area contributed by atoms with E-state index >= 15 is 0 Å². The van der Waals surface area contributed by atoms with Crippen LogP contribution in [0.4, 0.5) is 4.79 Å². The lowest BCUT2D eigenvalue weighted by atomic mass is 10.2. The second-order valence-corrected chi connectivity index (χ2v) is 5.11. The fourth-order valence-electron chi connectivity index (χ4n) is 1.67. The molecule has 1 rings (SSSR count). The second kappa shape index (κ2) is 5.26. The summed E-state index contributed by atoms with van der Waals surface area (Å²) in [5.74, 6) is -1.12. The van der Waals surface area contributed by atoms with E-state index in [9.17, 15) is 14.4 Å². The maximum Gasteiger partial charge on any atom is 0.327 e. The standard InChI is InChI=1S/C9H15N3O4S/c1-4(11-9(10)16)7(13)12-5(2)17-3-6(12)8(14)15/h4-6H,3H2,1-2H3,(H,14,15)(H3,10,11,16). The maximum atomic E-state index is 12.0. The minimum atomic E-state index is -1.04. The Morgan fingerprint density at radius 3 is 2.59 bits per heavy atom. The van der Waals surface area contributed by atoms with Crippen LogP contribution in [0.3, 0.4) is 0 Å². The predicted octanol–water partition coefficient (Wildman–Crippen LogP) is -0.582. The molecule has 0 aromatic carbocycles. The Hall–Kier alpha value is -1.44. The molecular weight excluding hydrogens is 246 g/mol. The van der Waals surface area contributed by atoms with Crippen LogP contribution in [0.5, 0.6) is 0 Å². The summed E-state index contributed by atoms with van der Waals surface area (Å²) in [7, 11) is 0. The highest BCUT2D eigenvalue weighted by molar-refractivity contribution is 8.00. The van der Waals surface area contributed by atoms with Crippen molar-refractivity contribution in [2.75, 3.05) is 5.75 Å². The van der Waals surface area contributed by atoms with Crippen molar-refractivity contribution in [1.29, 1.82) is 0 Å². The SMILES string of the molecule is CC(NC(N)=O)C(=O)N1C(C)SCC1C(=O)O. The molecule has 3 unspecified atom stereocenters. The summed E-state index contributed by atoms with van der Waals surface area (Å²) in [5.41, 5.74) is 4.92. The number of nitrogens with zero attached hydrogens (tertiary/aromatic N) is 1. The number of carboxylic acid groups (broad SMARTS) is 1. The largest absolute Gasteiger partial charge is 0.480 e. The van der Waals surface area contributed by atoms with Crippen molar-refractivity contribution in [3.8, 4) is 0 Å². The van der Waals surface area contributed by atoms with Gasteiger partial charge in [0.05, 0.1) is 5.37 Å². The number of amides is 3. The van der Waals surface area contributed by atoms with Crippen molar-refractivity contribution < 1.29 is 19.5 Å². The number of carbonyl (C=O) groups is 3. The lowest BCUT2D eigenvalue weighted by molar-refractivity contribution is -0.149. The van der Waals surface area contributed by atoms with Gasteiger partial charge in [-0.2, -0.15) is 0 Å². The van der Waals surface area contributed by atoms with Crippen molar-refractivity contribution in [2.45, 2.75) is 31.3 Å². The number of urea groups is 1. The van der Waals surface area contributed by atoms with Crippen molar-refractivity contribution in [3.63, 3.8) is 0 Å². The van der Waals surface area contributed by atoms with Gasteiger partial charge in [0.15, 0.2) is 0 Å². The van der Waals surface area contributed by atoms with Crippen molar-refractivity contribution >= 4 is 29.7 Å². The summed E-state index contributed by atoms with van der Waals surface area (Å²) in [5, 5.41) is 11.0. The summed E-state index contributed by atoms with van der Waals surface area (Å²) in [6.45, 7) is 3.23. The molecule has 17 heavy (non-hydrogen) atoms. The Balaban J connectivity index is 2.78. The number of nitrogens with two attached hydrogens (primary N) is 1. The molecule has 8 heteroatoms.